The average molecular weight is 1100 g/mol. The quantitative estimate of drug-likeness (QED) is 0.0827. The molecule has 373 valence electrons. The smallest absolute Gasteiger partial charge is 0.0468 e. The van der Waals surface area contributed by atoms with Crippen LogP contribution in [0.15, 0.2) is 249 Å². The van der Waals surface area contributed by atoms with Crippen LogP contribution in [-0.4, -0.2) is 8.41 Å². The Kier molecular flexibility index (Phi) is 13.3. The molecule has 0 bridgehead atoms. The van der Waals surface area contributed by atoms with E-state index in [1.807, 2.05) is 6.07 Å². The molecule has 0 unspecified atom stereocenters. The van der Waals surface area contributed by atoms with E-state index in [1.54, 1.807) is 0 Å². The average Bonchev–Trinajstić information content (AvgIpc) is 4.03. The largest absolute Gasteiger partial charge is 0.399 e. The van der Waals surface area contributed by atoms with Crippen LogP contribution in [0.4, 0.5) is 22.7 Å². The van der Waals surface area contributed by atoms with Gasteiger partial charge in [-0.1, -0.05) is 223 Å². The van der Waals surface area contributed by atoms with Gasteiger partial charge in [0.15, 0.2) is 0 Å². The molecule has 0 atom stereocenters. The molecule has 0 saturated carbocycles. The summed E-state index contributed by atoms with van der Waals surface area (Å²) in [4.78, 5) is 2.43. The van der Waals surface area contributed by atoms with Crippen molar-refractivity contribution < 1.29 is 1.43 Å². The second kappa shape index (κ2) is 20.1. The van der Waals surface area contributed by atoms with Crippen LogP contribution >= 0.6 is 22.6 Å². The maximum absolute atomic E-state index is 5.89. The fourth-order valence-corrected chi connectivity index (χ4v) is 12.8. The van der Waals surface area contributed by atoms with Crippen LogP contribution in [0.25, 0.3) is 86.9 Å². The van der Waals surface area contributed by atoms with Crippen molar-refractivity contribution in [1.29, 1.82) is 0 Å². The van der Waals surface area contributed by atoms with E-state index in [-0.39, 0.29) is 28.1 Å². The second-order valence-electron chi connectivity index (χ2n) is 21.2. The first-order chi connectivity index (χ1) is 36.5. The SMILES string of the molecule is C.CC1(C)c2ccccc2-c2ccc(N(c3ccc4c(ccc5ccccc54)c3)c3ccc4c(ccc5ccccc54)c3)cc21.CC1(C)c2ccccc2-c2ccc(N)cc21.Ic1ccc2c(ccc3ccccc32)c1.[B].[HH]. The van der Waals surface area contributed by atoms with Gasteiger partial charge in [0, 0.05) is 47.0 Å². The molecule has 2 aliphatic rings. The molecule has 2 nitrogen and oxygen atoms in total. The Balaban J connectivity index is 0.000000165. The van der Waals surface area contributed by atoms with Gasteiger partial charge in [-0.15, -0.1) is 0 Å². The molecule has 15 rings (SSSR count). The summed E-state index contributed by atoms with van der Waals surface area (Å²) in [6.07, 6.45) is 0. The first kappa shape index (κ1) is 50.9. The monoisotopic (exact) mass is 1100 g/mol. The number of hydrogen-bond acceptors (Lipinski definition) is 2. The lowest BCUT2D eigenvalue weighted by molar-refractivity contribution is 0.660. The number of nitrogen functional groups attached to an aromatic ring is 1. The van der Waals surface area contributed by atoms with Gasteiger partial charge in [-0.05, 0) is 192 Å². The summed E-state index contributed by atoms with van der Waals surface area (Å²) in [7, 11) is 0. The molecule has 77 heavy (non-hydrogen) atoms. The minimum atomic E-state index is -0.0712. The Bertz CT molecular complexity index is 4310. The summed E-state index contributed by atoms with van der Waals surface area (Å²) < 4.78 is 1.29. The number of nitrogens with zero attached hydrogens (tertiary/aromatic N) is 1. The van der Waals surface area contributed by atoms with E-state index in [2.05, 4.69) is 298 Å². The normalized spacial score (nSPS) is 13.1. The van der Waals surface area contributed by atoms with Crippen LogP contribution in [0.5, 0.6) is 0 Å². The van der Waals surface area contributed by atoms with E-state index in [0.717, 1.165) is 17.1 Å². The number of anilines is 4. The minimum Gasteiger partial charge on any atom is -0.399 e. The zero-order valence-corrected chi connectivity index (χ0v) is 45.3. The van der Waals surface area contributed by atoms with Crippen LogP contribution in [0.2, 0.25) is 0 Å². The maximum Gasteiger partial charge on any atom is 0.0468 e. The fraction of sp³-hybridized carbons (Fsp3) is 0.0959. The molecule has 13 aromatic rings. The van der Waals surface area contributed by atoms with Gasteiger partial charge in [0.25, 0.3) is 0 Å². The molecule has 13 aromatic carbocycles. The van der Waals surface area contributed by atoms with Gasteiger partial charge in [0.1, 0.15) is 0 Å². The molecular weight excluding hydrogens is 1040 g/mol. The van der Waals surface area contributed by atoms with Gasteiger partial charge in [-0.2, -0.15) is 0 Å². The molecule has 0 amide bonds. The molecule has 4 heteroatoms. The Morgan fingerprint density at radius 3 is 1.16 bits per heavy atom. The van der Waals surface area contributed by atoms with Gasteiger partial charge >= 0.3 is 0 Å². The molecule has 0 fully saturated rings. The number of nitrogens with two attached hydrogens (primary N) is 1. The first-order valence-electron chi connectivity index (χ1n) is 26.0. The van der Waals surface area contributed by atoms with Crippen LogP contribution in [0, 0.1) is 3.57 Å². The summed E-state index contributed by atoms with van der Waals surface area (Å²) in [6, 6.07) is 90.4. The highest BCUT2D eigenvalue weighted by molar-refractivity contribution is 14.1. The minimum absolute atomic E-state index is 0. The third-order valence-corrected chi connectivity index (χ3v) is 16.8. The molecule has 0 aliphatic heterocycles. The summed E-state index contributed by atoms with van der Waals surface area (Å²) in [5.74, 6) is 0. The highest BCUT2D eigenvalue weighted by Gasteiger charge is 2.36. The van der Waals surface area contributed by atoms with E-state index in [4.69, 9.17) is 5.73 Å². The van der Waals surface area contributed by atoms with Crippen LogP contribution in [-0.2, 0) is 10.8 Å². The number of halogens is 1. The fourth-order valence-electron chi connectivity index (χ4n) is 12.3. The van der Waals surface area contributed by atoms with Gasteiger partial charge in [-0.3, -0.25) is 0 Å². The summed E-state index contributed by atoms with van der Waals surface area (Å²) in [6.45, 7) is 9.23. The molecule has 2 N–H and O–H groups in total. The molecule has 3 radical (unpaired) electrons. The zero-order chi connectivity index (χ0) is 51.0. The van der Waals surface area contributed by atoms with Crippen molar-refractivity contribution in [3.05, 3.63) is 275 Å². The van der Waals surface area contributed by atoms with Crippen molar-refractivity contribution in [2.24, 2.45) is 0 Å². The Morgan fingerprint density at radius 2 is 0.662 bits per heavy atom. The maximum atomic E-state index is 5.89. The van der Waals surface area contributed by atoms with Crippen molar-refractivity contribution in [2.45, 2.75) is 46.0 Å². The molecule has 0 aromatic heterocycles. The standard InChI is InChI=1S/C43H31N.C15H15N.C14H9I.CH4.B.H2/c1-43(2)41-14-8-7-13-39(41)40-24-21-34(27-42(40)43)44(32-19-22-37-30(25-32)17-15-28-9-3-5-11-35(28)37)33-20-23-38-31(26-33)18-16-29-10-4-6-12-36(29)38;1-15(2)13-6-4-3-5-11(13)12-8-7-10(16)9-14(12)15;15-12-7-8-14-11(9-12)6-5-10-3-1-2-4-13(10)14;;;/h3-27H,1-2H3;3-9H,16H2,1-2H3;1-9H;1H4;;1H. The van der Waals surface area contributed by atoms with Crippen molar-refractivity contribution in [3.8, 4) is 22.3 Å². The Labute approximate surface area is 470 Å². The van der Waals surface area contributed by atoms with Gasteiger partial charge in [0.05, 0.1) is 0 Å². The number of fused-ring (bicyclic) bond motifs is 15. The summed E-state index contributed by atoms with van der Waals surface area (Å²) >= 11 is 2.35. The molecule has 0 spiro atoms. The lowest BCUT2D eigenvalue weighted by atomic mass is 9.82. The topological polar surface area (TPSA) is 29.3 Å². The van der Waals surface area contributed by atoms with Crippen LogP contribution in [0.1, 0.15) is 58.8 Å². The Hall–Kier alpha value is -8.19. The highest BCUT2D eigenvalue weighted by Crippen LogP contribution is 2.52. The highest BCUT2D eigenvalue weighted by atomic mass is 127. The van der Waals surface area contributed by atoms with Gasteiger partial charge in [-0.25, -0.2) is 0 Å². The molecule has 0 heterocycles. The van der Waals surface area contributed by atoms with E-state index < -0.39 is 0 Å². The first-order valence-corrected chi connectivity index (χ1v) is 27.0. The van der Waals surface area contributed by atoms with Crippen LogP contribution in [0.3, 0.4) is 0 Å². The van der Waals surface area contributed by atoms with Crippen molar-refractivity contribution in [2.75, 3.05) is 10.6 Å². The molecule has 2 aliphatic carbocycles. The van der Waals surface area contributed by atoms with E-state index in [9.17, 15) is 0 Å². The second-order valence-corrected chi connectivity index (χ2v) is 22.5. The lowest BCUT2D eigenvalue weighted by Crippen LogP contribution is -2.16. The van der Waals surface area contributed by atoms with E-state index >= 15 is 0 Å². The van der Waals surface area contributed by atoms with Gasteiger partial charge in [0.2, 0.25) is 0 Å². The lowest BCUT2D eigenvalue weighted by Gasteiger charge is -2.28. The van der Waals surface area contributed by atoms with E-state index in [1.165, 1.54) is 118 Å². The molecule has 0 saturated heterocycles. The predicted molar refractivity (Wildman–Crippen MR) is 346 cm³/mol. The van der Waals surface area contributed by atoms with E-state index in [0.29, 0.717) is 0 Å². The zero-order valence-electron chi connectivity index (χ0n) is 43.2. The predicted octanol–water partition coefficient (Wildman–Crippen LogP) is 20.7. The number of hydrogen-bond donors (Lipinski definition) is 1. The number of benzene rings is 13. The Morgan fingerprint density at radius 1 is 0.325 bits per heavy atom. The summed E-state index contributed by atoms with van der Waals surface area (Å²) in [5.41, 5.74) is 21.1. The van der Waals surface area contributed by atoms with Crippen molar-refractivity contribution in [1.82, 2.24) is 0 Å². The van der Waals surface area contributed by atoms with Crippen molar-refractivity contribution >= 4 is 118 Å². The third kappa shape index (κ3) is 8.79. The third-order valence-electron chi connectivity index (χ3n) is 16.1. The number of rotatable bonds is 3. The molecular formula is C73H61BIN2. The summed E-state index contributed by atoms with van der Waals surface area (Å²) in [5, 5.41) is 15.5. The van der Waals surface area contributed by atoms with Crippen LogP contribution < -0.4 is 10.6 Å². The van der Waals surface area contributed by atoms with Crippen molar-refractivity contribution in [3.63, 3.8) is 0 Å². The van der Waals surface area contributed by atoms with Gasteiger partial charge < -0.3 is 10.6 Å².